The van der Waals surface area contributed by atoms with E-state index in [4.69, 9.17) is 16.7 Å². The average molecular weight is 330 g/mol. The van der Waals surface area contributed by atoms with Gasteiger partial charge in [-0.3, -0.25) is 9.59 Å². The van der Waals surface area contributed by atoms with Crippen molar-refractivity contribution in [3.05, 3.63) is 28.8 Å². The van der Waals surface area contributed by atoms with E-state index in [1.165, 1.54) is 11.8 Å². The largest absolute Gasteiger partial charge is 0.481 e. The SMILES string of the molecule is CSc1ccc(Cl)c(C(=O)NC(CC(=O)O)C(C)(C)C)c1. The quantitative estimate of drug-likeness (QED) is 0.809. The number of halogens is 1. The molecule has 0 aliphatic rings. The average Bonchev–Trinajstić information content (AvgIpc) is 2.36. The Balaban J connectivity index is 2.99. The Morgan fingerprint density at radius 2 is 2.00 bits per heavy atom. The number of nitrogens with one attached hydrogen (secondary N) is 1. The van der Waals surface area contributed by atoms with Gasteiger partial charge in [0.05, 0.1) is 17.0 Å². The van der Waals surface area contributed by atoms with Gasteiger partial charge in [0.25, 0.3) is 5.91 Å². The van der Waals surface area contributed by atoms with Gasteiger partial charge in [-0.15, -0.1) is 11.8 Å². The Bertz CT molecular complexity index is 540. The van der Waals surface area contributed by atoms with E-state index >= 15 is 0 Å². The number of carbonyl (C=O) groups excluding carboxylic acids is 1. The maximum atomic E-state index is 12.4. The lowest BCUT2D eigenvalue weighted by Gasteiger charge is -2.30. The molecule has 0 saturated heterocycles. The summed E-state index contributed by atoms with van der Waals surface area (Å²) in [5.41, 5.74) is 0.000583. The molecule has 21 heavy (non-hydrogen) atoms. The zero-order valence-electron chi connectivity index (χ0n) is 12.6. The number of amides is 1. The first kappa shape index (κ1) is 17.9. The number of benzene rings is 1. The third-order valence-electron chi connectivity index (χ3n) is 3.15. The summed E-state index contributed by atoms with van der Waals surface area (Å²) >= 11 is 7.58. The second-order valence-electron chi connectivity index (χ2n) is 5.84. The fraction of sp³-hybridized carbons (Fsp3) is 0.467. The van der Waals surface area contributed by atoms with E-state index in [2.05, 4.69) is 5.32 Å². The van der Waals surface area contributed by atoms with Gasteiger partial charge in [0.15, 0.2) is 0 Å². The Morgan fingerprint density at radius 1 is 1.38 bits per heavy atom. The maximum Gasteiger partial charge on any atom is 0.305 e. The van der Waals surface area contributed by atoms with E-state index in [1.54, 1.807) is 12.1 Å². The van der Waals surface area contributed by atoms with Crippen molar-refractivity contribution >= 4 is 35.2 Å². The van der Waals surface area contributed by atoms with Crippen LogP contribution >= 0.6 is 23.4 Å². The number of hydrogen-bond acceptors (Lipinski definition) is 3. The summed E-state index contributed by atoms with van der Waals surface area (Å²) in [6, 6.07) is 4.74. The van der Waals surface area contributed by atoms with Crippen LogP contribution in [0, 0.1) is 5.41 Å². The zero-order chi connectivity index (χ0) is 16.2. The van der Waals surface area contributed by atoms with Gasteiger partial charge in [0.2, 0.25) is 0 Å². The van der Waals surface area contributed by atoms with Gasteiger partial charge >= 0.3 is 5.97 Å². The maximum absolute atomic E-state index is 12.4. The lowest BCUT2D eigenvalue weighted by atomic mass is 9.84. The number of hydrogen-bond donors (Lipinski definition) is 2. The van der Waals surface area contributed by atoms with Gasteiger partial charge in [-0.2, -0.15) is 0 Å². The monoisotopic (exact) mass is 329 g/mol. The van der Waals surface area contributed by atoms with Crippen LogP contribution in [0.5, 0.6) is 0 Å². The van der Waals surface area contributed by atoms with Crippen molar-refractivity contribution in [1.29, 1.82) is 0 Å². The standard InChI is InChI=1S/C15H20ClNO3S/c1-15(2,3)12(8-13(18)19)17-14(20)10-7-9(21-4)5-6-11(10)16/h5-7,12H,8H2,1-4H3,(H,17,20)(H,18,19). The molecule has 0 saturated carbocycles. The first-order chi connectivity index (χ1) is 9.65. The number of carboxylic acid groups (broad SMARTS) is 1. The van der Waals surface area contributed by atoms with E-state index in [0.29, 0.717) is 10.6 Å². The van der Waals surface area contributed by atoms with Crippen molar-refractivity contribution in [3.63, 3.8) is 0 Å². The fourth-order valence-corrected chi connectivity index (χ4v) is 2.43. The molecule has 1 unspecified atom stereocenters. The molecular formula is C15H20ClNO3S. The van der Waals surface area contributed by atoms with Crippen LogP contribution in [0.1, 0.15) is 37.6 Å². The summed E-state index contributed by atoms with van der Waals surface area (Å²) in [4.78, 5) is 24.3. The molecule has 1 amide bonds. The van der Waals surface area contributed by atoms with Gasteiger partial charge < -0.3 is 10.4 Å². The summed E-state index contributed by atoms with van der Waals surface area (Å²) in [6.45, 7) is 5.67. The highest BCUT2D eigenvalue weighted by Gasteiger charge is 2.29. The molecule has 0 spiro atoms. The molecule has 0 aliphatic heterocycles. The number of carboxylic acids is 1. The van der Waals surface area contributed by atoms with Crippen molar-refractivity contribution in [2.75, 3.05) is 6.26 Å². The molecule has 0 radical (unpaired) electrons. The topological polar surface area (TPSA) is 66.4 Å². The first-order valence-corrected chi connectivity index (χ1v) is 8.11. The molecule has 1 atom stereocenters. The molecule has 6 heteroatoms. The summed E-state index contributed by atoms with van der Waals surface area (Å²) < 4.78 is 0. The molecule has 1 aromatic rings. The molecule has 4 nitrogen and oxygen atoms in total. The minimum Gasteiger partial charge on any atom is -0.481 e. The number of aliphatic carboxylic acids is 1. The summed E-state index contributed by atoms with van der Waals surface area (Å²) in [6.07, 6.45) is 1.78. The highest BCUT2D eigenvalue weighted by molar-refractivity contribution is 7.98. The second kappa shape index (κ2) is 7.18. The lowest BCUT2D eigenvalue weighted by Crippen LogP contribution is -2.45. The van der Waals surface area contributed by atoms with Crippen LogP contribution in [0.4, 0.5) is 0 Å². The highest BCUT2D eigenvalue weighted by atomic mass is 35.5. The van der Waals surface area contributed by atoms with Crippen molar-refractivity contribution < 1.29 is 14.7 Å². The lowest BCUT2D eigenvalue weighted by molar-refractivity contribution is -0.138. The van der Waals surface area contributed by atoms with Crippen LogP contribution in [0.3, 0.4) is 0 Å². The Kier molecular flexibility index (Phi) is 6.10. The molecule has 2 N–H and O–H groups in total. The summed E-state index contributed by atoms with van der Waals surface area (Å²) in [5.74, 6) is -1.30. The third-order valence-corrected chi connectivity index (χ3v) is 4.20. The predicted molar refractivity (Wildman–Crippen MR) is 86.2 cm³/mol. The second-order valence-corrected chi connectivity index (χ2v) is 7.12. The summed E-state index contributed by atoms with van der Waals surface area (Å²) in [7, 11) is 0. The van der Waals surface area contributed by atoms with Crippen molar-refractivity contribution in [3.8, 4) is 0 Å². The Labute approximate surface area is 134 Å². The normalized spacial score (nSPS) is 12.8. The van der Waals surface area contributed by atoms with Crippen LogP contribution in [0.15, 0.2) is 23.1 Å². The molecule has 1 aromatic carbocycles. The van der Waals surface area contributed by atoms with Crippen LogP contribution in [0.25, 0.3) is 0 Å². The Hall–Kier alpha value is -1.20. The van der Waals surface area contributed by atoms with Crippen LogP contribution in [-0.4, -0.2) is 29.3 Å². The minimum absolute atomic E-state index is 0.130. The smallest absolute Gasteiger partial charge is 0.305 e. The molecule has 0 bridgehead atoms. The van der Waals surface area contributed by atoms with Crippen LogP contribution in [0.2, 0.25) is 5.02 Å². The van der Waals surface area contributed by atoms with Gasteiger partial charge in [-0.1, -0.05) is 32.4 Å². The van der Waals surface area contributed by atoms with Crippen molar-refractivity contribution in [2.24, 2.45) is 5.41 Å². The Morgan fingerprint density at radius 3 is 2.48 bits per heavy atom. The van der Waals surface area contributed by atoms with E-state index < -0.39 is 12.0 Å². The van der Waals surface area contributed by atoms with Gasteiger partial charge in [0, 0.05) is 10.9 Å². The van der Waals surface area contributed by atoms with E-state index in [-0.39, 0.29) is 17.7 Å². The fourth-order valence-electron chi connectivity index (χ4n) is 1.79. The third kappa shape index (κ3) is 5.25. The van der Waals surface area contributed by atoms with E-state index in [9.17, 15) is 9.59 Å². The van der Waals surface area contributed by atoms with Gasteiger partial charge in [-0.25, -0.2) is 0 Å². The minimum atomic E-state index is -0.945. The molecule has 116 valence electrons. The molecule has 0 aliphatic carbocycles. The van der Waals surface area contributed by atoms with E-state index in [0.717, 1.165) is 4.90 Å². The molecule has 1 rings (SSSR count). The number of rotatable bonds is 5. The molecule has 0 heterocycles. The number of carbonyl (C=O) groups is 2. The van der Waals surface area contributed by atoms with Crippen LogP contribution in [-0.2, 0) is 4.79 Å². The van der Waals surface area contributed by atoms with Crippen LogP contribution < -0.4 is 5.32 Å². The van der Waals surface area contributed by atoms with E-state index in [1.807, 2.05) is 33.1 Å². The molecule has 0 fully saturated rings. The molecule has 0 aromatic heterocycles. The van der Waals surface area contributed by atoms with Crippen molar-refractivity contribution in [2.45, 2.75) is 38.1 Å². The number of thioether (sulfide) groups is 1. The molecular weight excluding hydrogens is 310 g/mol. The first-order valence-electron chi connectivity index (χ1n) is 6.51. The zero-order valence-corrected chi connectivity index (χ0v) is 14.1. The highest BCUT2D eigenvalue weighted by Crippen LogP contribution is 2.25. The van der Waals surface area contributed by atoms with Gasteiger partial charge in [0.1, 0.15) is 0 Å². The predicted octanol–water partition coefficient (Wildman–Crippen LogP) is 3.68. The van der Waals surface area contributed by atoms with Crippen molar-refractivity contribution in [1.82, 2.24) is 5.32 Å². The summed E-state index contributed by atoms with van der Waals surface area (Å²) in [5, 5.41) is 12.1. The van der Waals surface area contributed by atoms with Gasteiger partial charge in [-0.05, 0) is 29.9 Å².